The molecule has 1 amide bonds. The fraction of sp³-hybridized carbons (Fsp3) is 0.706. The molecular formula is C17H24N4O4. The Kier molecular flexibility index (Phi) is 3.57. The lowest BCUT2D eigenvalue weighted by Gasteiger charge is -2.35. The molecule has 4 fully saturated rings. The molecule has 0 radical (unpaired) electrons. The van der Waals surface area contributed by atoms with E-state index in [0.29, 0.717) is 25.8 Å². The minimum Gasteiger partial charge on any atom is -0.393 e. The lowest BCUT2D eigenvalue weighted by Crippen LogP contribution is -2.42. The molecule has 4 aliphatic carbocycles. The molecule has 4 saturated carbocycles. The molecule has 5 N–H and O–H groups in total. The van der Waals surface area contributed by atoms with Gasteiger partial charge in [0.15, 0.2) is 0 Å². The number of aromatic amines is 1. The van der Waals surface area contributed by atoms with Crippen LogP contribution in [0.2, 0.25) is 0 Å². The monoisotopic (exact) mass is 348 g/mol. The van der Waals surface area contributed by atoms with Gasteiger partial charge in [-0.25, -0.2) is 4.79 Å². The van der Waals surface area contributed by atoms with Crippen molar-refractivity contribution in [2.75, 3.05) is 11.1 Å². The molecule has 1 aromatic heterocycles. The standard InChI is InChI=1S/C17H24N4O4/c1-2-3-21-13(18)11(14(23)20-16(21)25)19-15(24)17-6-8-4-10(17)5-9(7-17)12(8)22/h8-10,12,22H,2-7,18H2,1H3,(H,19,24)(H,20,23,25). The van der Waals surface area contributed by atoms with Crippen molar-refractivity contribution in [2.24, 2.45) is 23.2 Å². The van der Waals surface area contributed by atoms with Crippen LogP contribution in [0.4, 0.5) is 11.5 Å². The number of nitrogens with two attached hydrogens (primary N) is 1. The molecule has 0 aromatic carbocycles. The van der Waals surface area contributed by atoms with Crippen molar-refractivity contribution in [2.45, 2.75) is 51.7 Å². The zero-order valence-electron chi connectivity index (χ0n) is 14.2. The number of aliphatic hydroxyl groups excluding tert-OH is 1. The third kappa shape index (κ3) is 2.19. The molecule has 1 aromatic rings. The lowest BCUT2D eigenvalue weighted by molar-refractivity contribution is -0.128. The lowest BCUT2D eigenvalue weighted by atomic mass is 9.73. The van der Waals surface area contributed by atoms with Crippen LogP contribution >= 0.6 is 0 Å². The van der Waals surface area contributed by atoms with Gasteiger partial charge in [-0.2, -0.15) is 0 Å². The zero-order chi connectivity index (χ0) is 17.9. The summed E-state index contributed by atoms with van der Waals surface area (Å²) in [6, 6.07) is 0. The average molecular weight is 348 g/mol. The number of amides is 1. The maximum absolute atomic E-state index is 13.1. The first kappa shape index (κ1) is 16.4. The van der Waals surface area contributed by atoms with E-state index in [9.17, 15) is 19.5 Å². The van der Waals surface area contributed by atoms with Crippen LogP contribution in [-0.4, -0.2) is 26.7 Å². The first-order valence-electron chi connectivity index (χ1n) is 8.99. The van der Waals surface area contributed by atoms with Gasteiger partial charge in [-0.1, -0.05) is 6.92 Å². The zero-order valence-corrected chi connectivity index (χ0v) is 14.2. The number of H-pyrrole nitrogens is 1. The summed E-state index contributed by atoms with van der Waals surface area (Å²) in [5.41, 5.74) is 4.21. The molecule has 0 spiro atoms. The third-order valence-corrected chi connectivity index (χ3v) is 6.55. The smallest absolute Gasteiger partial charge is 0.330 e. The van der Waals surface area contributed by atoms with Crippen LogP contribution in [0.25, 0.3) is 0 Å². The number of hydrogen-bond donors (Lipinski definition) is 4. The van der Waals surface area contributed by atoms with Crippen molar-refractivity contribution < 1.29 is 9.90 Å². The molecule has 8 nitrogen and oxygen atoms in total. The second kappa shape index (κ2) is 5.45. The Hall–Kier alpha value is -2.09. The van der Waals surface area contributed by atoms with E-state index >= 15 is 0 Å². The summed E-state index contributed by atoms with van der Waals surface area (Å²) < 4.78 is 1.27. The number of hydrogen-bond acceptors (Lipinski definition) is 5. The largest absolute Gasteiger partial charge is 0.393 e. The summed E-state index contributed by atoms with van der Waals surface area (Å²) in [6.07, 6.45) is 3.43. The number of carbonyl (C=O) groups is 1. The number of aromatic nitrogens is 2. The highest BCUT2D eigenvalue weighted by atomic mass is 16.3. The van der Waals surface area contributed by atoms with Gasteiger partial charge in [0.2, 0.25) is 5.91 Å². The molecular weight excluding hydrogens is 324 g/mol. The number of nitrogens with one attached hydrogen (secondary N) is 2. The molecule has 0 aliphatic heterocycles. The minimum absolute atomic E-state index is 0.00177. The van der Waals surface area contributed by atoms with Crippen molar-refractivity contribution in [1.82, 2.24) is 9.55 Å². The molecule has 5 rings (SSSR count). The van der Waals surface area contributed by atoms with E-state index in [1.54, 1.807) is 0 Å². The molecule has 2 atom stereocenters. The summed E-state index contributed by atoms with van der Waals surface area (Å²) in [7, 11) is 0. The van der Waals surface area contributed by atoms with E-state index in [4.69, 9.17) is 5.73 Å². The fourth-order valence-electron chi connectivity index (χ4n) is 5.47. The van der Waals surface area contributed by atoms with E-state index in [2.05, 4.69) is 10.3 Å². The van der Waals surface area contributed by atoms with Crippen LogP contribution in [-0.2, 0) is 11.3 Å². The summed E-state index contributed by atoms with van der Waals surface area (Å²) in [5, 5.41) is 13.0. The first-order valence-corrected chi connectivity index (χ1v) is 8.99. The van der Waals surface area contributed by atoms with E-state index in [1.807, 2.05) is 6.92 Å². The fourth-order valence-corrected chi connectivity index (χ4v) is 5.47. The minimum atomic E-state index is -0.669. The maximum atomic E-state index is 13.1. The van der Waals surface area contributed by atoms with E-state index < -0.39 is 16.7 Å². The Balaban J connectivity index is 1.66. The van der Waals surface area contributed by atoms with Crippen molar-refractivity contribution in [1.29, 1.82) is 0 Å². The number of rotatable bonds is 4. The molecule has 8 heteroatoms. The summed E-state index contributed by atoms with van der Waals surface area (Å²) >= 11 is 0. The van der Waals surface area contributed by atoms with Gasteiger partial charge in [-0.05, 0) is 49.9 Å². The molecule has 1 heterocycles. The second-order valence-corrected chi connectivity index (χ2v) is 7.87. The maximum Gasteiger partial charge on any atom is 0.330 e. The Morgan fingerprint density at radius 3 is 2.60 bits per heavy atom. The van der Waals surface area contributed by atoms with Gasteiger partial charge in [0.1, 0.15) is 11.5 Å². The summed E-state index contributed by atoms with van der Waals surface area (Å²) in [4.78, 5) is 39.4. The highest BCUT2D eigenvalue weighted by molar-refractivity contribution is 5.98. The van der Waals surface area contributed by atoms with Crippen molar-refractivity contribution in [3.63, 3.8) is 0 Å². The quantitative estimate of drug-likeness (QED) is 0.620. The normalized spacial score (nSPS) is 35.3. The first-order chi connectivity index (χ1) is 11.9. The molecule has 0 saturated heterocycles. The summed E-state index contributed by atoms with van der Waals surface area (Å²) in [6.45, 7) is 2.27. The van der Waals surface area contributed by atoms with Gasteiger partial charge >= 0.3 is 5.69 Å². The Bertz CT molecular complexity index is 826. The van der Waals surface area contributed by atoms with Crippen LogP contribution in [0, 0.1) is 23.2 Å². The third-order valence-electron chi connectivity index (χ3n) is 6.55. The second-order valence-electron chi connectivity index (χ2n) is 7.87. The average Bonchev–Trinajstić information content (AvgIpc) is 3.03. The van der Waals surface area contributed by atoms with Gasteiger partial charge in [0.05, 0.1) is 11.5 Å². The van der Waals surface area contributed by atoms with Crippen LogP contribution in [0.5, 0.6) is 0 Å². The van der Waals surface area contributed by atoms with Gasteiger partial charge in [-0.3, -0.25) is 19.1 Å². The highest BCUT2D eigenvalue weighted by Gasteiger charge is 2.64. The number of anilines is 2. The number of carbonyl (C=O) groups excluding carboxylic acids is 1. The number of aliphatic hydroxyl groups is 1. The molecule has 25 heavy (non-hydrogen) atoms. The predicted octanol–water partition coefficient (Wildman–Crippen LogP) is 0.264. The highest BCUT2D eigenvalue weighted by Crippen LogP contribution is 2.65. The van der Waals surface area contributed by atoms with Crippen LogP contribution in [0.15, 0.2) is 9.59 Å². The summed E-state index contributed by atoms with van der Waals surface area (Å²) in [5.74, 6) is 0.403. The van der Waals surface area contributed by atoms with Crippen molar-refractivity contribution in [3.8, 4) is 0 Å². The molecule has 2 unspecified atom stereocenters. The van der Waals surface area contributed by atoms with Crippen LogP contribution in [0.1, 0.15) is 39.0 Å². The molecule has 4 bridgehead atoms. The van der Waals surface area contributed by atoms with Gasteiger partial charge < -0.3 is 16.2 Å². The van der Waals surface area contributed by atoms with Gasteiger partial charge in [0, 0.05) is 6.54 Å². The molecule has 136 valence electrons. The van der Waals surface area contributed by atoms with E-state index in [1.165, 1.54) is 4.57 Å². The van der Waals surface area contributed by atoms with Crippen molar-refractivity contribution in [3.05, 3.63) is 20.8 Å². The number of nitrogens with zero attached hydrogens (tertiary/aromatic N) is 1. The predicted molar refractivity (Wildman–Crippen MR) is 92.0 cm³/mol. The Labute approximate surface area is 144 Å². The van der Waals surface area contributed by atoms with Crippen LogP contribution < -0.4 is 22.3 Å². The van der Waals surface area contributed by atoms with Crippen LogP contribution in [0.3, 0.4) is 0 Å². The Morgan fingerprint density at radius 2 is 2.00 bits per heavy atom. The van der Waals surface area contributed by atoms with Gasteiger partial charge in [0.25, 0.3) is 5.56 Å². The Morgan fingerprint density at radius 1 is 1.36 bits per heavy atom. The van der Waals surface area contributed by atoms with E-state index in [-0.39, 0.29) is 41.3 Å². The molecule has 4 aliphatic rings. The van der Waals surface area contributed by atoms with Gasteiger partial charge in [-0.15, -0.1) is 0 Å². The SMILES string of the molecule is CCCn1c(N)c(NC(=O)C23CC4CC2CC(C3)C4O)c(=O)[nH]c1=O. The van der Waals surface area contributed by atoms with E-state index in [0.717, 1.165) is 12.8 Å². The van der Waals surface area contributed by atoms with Crippen molar-refractivity contribution >= 4 is 17.4 Å². The number of nitrogen functional groups attached to an aromatic ring is 1. The topological polar surface area (TPSA) is 130 Å².